The average molecular weight is 598 g/mol. The summed E-state index contributed by atoms with van der Waals surface area (Å²) in [5.74, 6) is -4.27. The highest BCUT2D eigenvalue weighted by Gasteiger charge is 2.23. The number of nitrogens with zero attached hydrogens (tertiary/aromatic N) is 4. The van der Waals surface area contributed by atoms with Gasteiger partial charge in [0, 0.05) is 50.9 Å². The maximum absolute atomic E-state index is 11.4. The Hall–Kier alpha value is -3.66. The van der Waals surface area contributed by atoms with E-state index in [0.717, 1.165) is 24.8 Å². The molecule has 0 fully saturated rings. The van der Waals surface area contributed by atoms with Gasteiger partial charge in [-0.25, -0.2) is 0 Å². The summed E-state index contributed by atoms with van der Waals surface area (Å²) in [6.45, 7) is 2.80. The standard InChI is InChI=1S/C27H43N5O10/c1-2-29(17-24(33)34)14-15-30(18-25(35)36)13-12-28-16-23(31(19-26(37)38)20-27(39)40)7-5-3-4-6-21-8-10-22(11-9-21)32(41)42/h8-11,23,28H,2-7,12-20H2,1H3,(H,33,34)(H,35,36)(H,37,38)(H,39,40). The number of hydrogen-bond acceptors (Lipinski definition) is 10. The molecule has 1 atom stereocenters. The SMILES string of the molecule is CCN(CCN(CCNCC(CCCCCc1ccc([N+](=O)[O-])cc1)N(CC(=O)O)CC(=O)O)CC(=O)O)CC(=O)O. The van der Waals surface area contributed by atoms with Gasteiger partial charge < -0.3 is 25.7 Å². The lowest BCUT2D eigenvalue weighted by Gasteiger charge is -2.30. The quantitative estimate of drug-likeness (QED) is 0.0602. The molecule has 0 spiro atoms. The van der Waals surface area contributed by atoms with Crippen LogP contribution in [0.25, 0.3) is 0 Å². The van der Waals surface area contributed by atoms with Gasteiger partial charge in [0.05, 0.1) is 31.1 Å². The van der Waals surface area contributed by atoms with Crippen molar-refractivity contribution in [2.45, 2.75) is 45.1 Å². The zero-order valence-corrected chi connectivity index (χ0v) is 24.0. The van der Waals surface area contributed by atoms with Gasteiger partial charge in [0.15, 0.2) is 0 Å². The van der Waals surface area contributed by atoms with Crippen LogP contribution in [0.15, 0.2) is 24.3 Å². The number of aryl methyl sites for hydroxylation is 1. The molecule has 0 aliphatic rings. The van der Waals surface area contributed by atoms with Crippen LogP contribution < -0.4 is 5.32 Å². The number of likely N-dealkylation sites (N-methyl/N-ethyl adjacent to an activating group) is 1. The molecule has 1 rings (SSSR count). The second-order valence-corrected chi connectivity index (χ2v) is 10.0. The van der Waals surface area contributed by atoms with Crippen molar-refractivity contribution in [2.24, 2.45) is 0 Å². The normalized spacial score (nSPS) is 12.1. The van der Waals surface area contributed by atoms with Crippen molar-refractivity contribution in [3.8, 4) is 0 Å². The van der Waals surface area contributed by atoms with Gasteiger partial charge in [-0.1, -0.05) is 31.9 Å². The Labute approximate surface area is 244 Å². The molecule has 1 aromatic rings. The van der Waals surface area contributed by atoms with E-state index in [4.69, 9.17) is 5.11 Å². The van der Waals surface area contributed by atoms with Gasteiger partial charge in [-0.2, -0.15) is 0 Å². The van der Waals surface area contributed by atoms with Crippen molar-refractivity contribution in [3.05, 3.63) is 39.9 Å². The third-order valence-electron chi connectivity index (χ3n) is 6.73. The second kappa shape index (κ2) is 20.3. The van der Waals surface area contributed by atoms with Crippen molar-refractivity contribution in [2.75, 3.05) is 65.4 Å². The Morgan fingerprint density at radius 2 is 1.36 bits per heavy atom. The number of unbranched alkanes of at least 4 members (excludes halogenated alkanes) is 2. The van der Waals surface area contributed by atoms with E-state index in [1.54, 1.807) is 21.9 Å². The Morgan fingerprint density at radius 1 is 0.810 bits per heavy atom. The third kappa shape index (κ3) is 16.6. The highest BCUT2D eigenvalue weighted by atomic mass is 16.6. The van der Waals surface area contributed by atoms with Crippen LogP contribution in [-0.2, 0) is 25.6 Å². The van der Waals surface area contributed by atoms with E-state index in [9.17, 15) is 44.6 Å². The van der Waals surface area contributed by atoms with Gasteiger partial charge in [-0.3, -0.25) is 44.0 Å². The molecule has 0 bridgehead atoms. The van der Waals surface area contributed by atoms with Crippen molar-refractivity contribution >= 4 is 29.6 Å². The number of carboxylic acid groups (broad SMARTS) is 4. The number of nitrogens with one attached hydrogen (secondary N) is 1. The molecular weight excluding hydrogens is 554 g/mol. The van der Waals surface area contributed by atoms with E-state index in [-0.39, 0.29) is 18.8 Å². The minimum atomic E-state index is -1.14. The minimum absolute atomic E-state index is 0.0262. The van der Waals surface area contributed by atoms with Gasteiger partial charge in [0.25, 0.3) is 5.69 Å². The molecular formula is C27H43N5O10. The summed E-state index contributed by atoms with van der Waals surface area (Å²) < 4.78 is 0. The van der Waals surface area contributed by atoms with Gasteiger partial charge in [0.1, 0.15) is 0 Å². The lowest BCUT2D eigenvalue weighted by atomic mass is 10.0. The number of rotatable bonds is 25. The molecule has 236 valence electrons. The Kier molecular flexibility index (Phi) is 17.5. The summed E-state index contributed by atoms with van der Waals surface area (Å²) in [7, 11) is 0. The average Bonchev–Trinajstić information content (AvgIpc) is 2.90. The lowest BCUT2D eigenvalue weighted by Crippen LogP contribution is -2.48. The fourth-order valence-corrected chi connectivity index (χ4v) is 4.54. The van der Waals surface area contributed by atoms with Crippen molar-refractivity contribution in [1.82, 2.24) is 20.0 Å². The predicted molar refractivity (Wildman–Crippen MR) is 153 cm³/mol. The first kappa shape index (κ1) is 36.4. The number of benzene rings is 1. The topological polar surface area (TPSA) is 214 Å². The maximum Gasteiger partial charge on any atom is 0.317 e. The van der Waals surface area contributed by atoms with E-state index < -0.39 is 47.9 Å². The van der Waals surface area contributed by atoms with Crippen LogP contribution in [0.1, 0.15) is 38.2 Å². The highest BCUT2D eigenvalue weighted by Crippen LogP contribution is 2.16. The third-order valence-corrected chi connectivity index (χ3v) is 6.73. The number of hydrogen-bond donors (Lipinski definition) is 5. The second-order valence-electron chi connectivity index (χ2n) is 10.0. The Bertz CT molecular complexity index is 992. The molecule has 1 aromatic carbocycles. The molecule has 0 aliphatic heterocycles. The molecule has 0 aromatic heterocycles. The molecule has 0 saturated carbocycles. The summed E-state index contributed by atoms with van der Waals surface area (Å²) in [4.78, 5) is 60.3. The fraction of sp³-hybridized carbons (Fsp3) is 0.630. The van der Waals surface area contributed by atoms with Gasteiger partial charge in [0.2, 0.25) is 0 Å². The number of carboxylic acids is 4. The lowest BCUT2D eigenvalue weighted by molar-refractivity contribution is -0.384. The molecule has 0 amide bonds. The summed E-state index contributed by atoms with van der Waals surface area (Å²) >= 11 is 0. The van der Waals surface area contributed by atoms with E-state index in [2.05, 4.69) is 5.32 Å². The largest absolute Gasteiger partial charge is 0.480 e. The molecule has 5 N–H and O–H groups in total. The summed E-state index contributed by atoms with van der Waals surface area (Å²) in [6.07, 6.45) is 3.55. The van der Waals surface area contributed by atoms with E-state index in [1.807, 2.05) is 6.92 Å². The Morgan fingerprint density at radius 3 is 1.88 bits per heavy atom. The van der Waals surface area contributed by atoms with Gasteiger partial charge in [-0.05, 0) is 31.4 Å². The Balaban J connectivity index is 2.69. The first-order valence-electron chi connectivity index (χ1n) is 13.9. The van der Waals surface area contributed by atoms with Gasteiger partial charge in [-0.15, -0.1) is 0 Å². The molecule has 1 unspecified atom stereocenters. The first-order chi connectivity index (χ1) is 19.9. The van der Waals surface area contributed by atoms with Crippen LogP contribution in [0.4, 0.5) is 5.69 Å². The fourth-order valence-electron chi connectivity index (χ4n) is 4.54. The summed E-state index contributed by atoms with van der Waals surface area (Å²) in [5.41, 5.74) is 0.992. The molecule has 15 nitrogen and oxygen atoms in total. The van der Waals surface area contributed by atoms with E-state index in [0.29, 0.717) is 52.1 Å². The highest BCUT2D eigenvalue weighted by molar-refractivity contribution is 5.72. The van der Waals surface area contributed by atoms with E-state index >= 15 is 0 Å². The number of aliphatic carboxylic acids is 4. The van der Waals surface area contributed by atoms with Crippen molar-refractivity contribution in [1.29, 1.82) is 0 Å². The van der Waals surface area contributed by atoms with Crippen LogP contribution >= 0.6 is 0 Å². The number of non-ortho nitro benzene ring substituents is 1. The van der Waals surface area contributed by atoms with Crippen molar-refractivity contribution < 1.29 is 44.5 Å². The van der Waals surface area contributed by atoms with E-state index in [1.165, 1.54) is 17.0 Å². The maximum atomic E-state index is 11.4. The molecule has 15 heteroatoms. The molecule has 0 heterocycles. The molecule has 0 saturated heterocycles. The predicted octanol–water partition coefficient (Wildman–Crippen LogP) is 0.920. The number of nitro groups is 1. The van der Waals surface area contributed by atoms with Crippen molar-refractivity contribution in [3.63, 3.8) is 0 Å². The molecule has 0 radical (unpaired) electrons. The zero-order chi connectivity index (χ0) is 31.5. The number of carbonyl (C=O) groups is 4. The van der Waals surface area contributed by atoms with Crippen LogP contribution in [0.2, 0.25) is 0 Å². The van der Waals surface area contributed by atoms with Crippen LogP contribution in [0, 0.1) is 10.1 Å². The summed E-state index contributed by atoms with van der Waals surface area (Å²) in [6, 6.07) is 5.95. The molecule has 42 heavy (non-hydrogen) atoms. The van der Waals surface area contributed by atoms with Crippen LogP contribution in [0.5, 0.6) is 0 Å². The number of nitro benzene ring substituents is 1. The monoisotopic (exact) mass is 597 g/mol. The van der Waals surface area contributed by atoms with Crippen LogP contribution in [-0.4, -0.2) is 135 Å². The van der Waals surface area contributed by atoms with Crippen LogP contribution in [0.3, 0.4) is 0 Å². The van der Waals surface area contributed by atoms with Gasteiger partial charge >= 0.3 is 23.9 Å². The minimum Gasteiger partial charge on any atom is -0.480 e. The summed E-state index contributed by atoms with van der Waals surface area (Å²) in [5, 5.41) is 51.0. The first-order valence-corrected chi connectivity index (χ1v) is 13.9. The zero-order valence-electron chi connectivity index (χ0n) is 24.0. The smallest absolute Gasteiger partial charge is 0.317 e. The molecule has 0 aliphatic carbocycles.